The molecule has 0 aliphatic carbocycles. The first-order chi connectivity index (χ1) is 6.33. The van der Waals surface area contributed by atoms with Crippen LogP contribution in [0.3, 0.4) is 0 Å². The van der Waals surface area contributed by atoms with Crippen LogP contribution in [0, 0.1) is 0 Å². The maximum absolute atomic E-state index is 11.3. The molecule has 2 N–H and O–H groups in total. The second-order valence-electron chi connectivity index (χ2n) is 3.09. The van der Waals surface area contributed by atoms with Gasteiger partial charge in [0.25, 0.3) is 0 Å². The van der Waals surface area contributed by atoms with E-state index >= 15 is 0 Å². The van der Waals surface area contributed by atoms with Gasteiger partial charge in [-0.05, 0) is 41.8 Å². The first-order valence-corrected chi connectivity index (χ1v) is 5.50. The zero-order valence-electron chi connectivity index (χ0n) is 7.66. The van der Waals surface area contributed by atoms with Gasteiger partial charge in [-0.1, -0.05) is 0 Å². The van der Waals surface area contributed by atoms with E-state index < -0.39 is 0 Å². The molecule has 0 saturated carbocycles. The minimum Gasteiger partial charge on any atom is -0.330 e. The number of rotatable bonds is 6. The molecule has 3 heteroatoms. The summed E-state index contributed by atoms with van der Waals surface area (Å²) in [6.07, 6.45) is 3.15. The quantitative estimate of drug-likeness (QED) is 0.709. The third-order valence-electron chi connectivity index (χ3n) is 1.89. The van der Waals surface area contributed by atoms with Gasteiger partial charge >= 0.3 is 0 Å². The van der Waals surface area contributed by atoms with Crippen molar-refractivity contribution in [3.63, 3.8) is 0 Å². The summed E-state index contributed by atoms with van der Waals surface area (Å²) in [5.41, 5.74) is 6.48. The fourth-order valence-electron chi connectivity index (χ4n) is 1.18. The molecule has 0 aliphatic heterocycles. The Morgan fingerprint density at radius 1 is 1.46 bits per heavy atom. The van der Waals surface area contributed by atoms with E-state index in [1.54, 1.807) is 11.3 Å². The molecule has 0 atom stereocenters. The Balaban J connectivity index is 2.18. The maximum Gasteiger partial charge on any atom is 0.137 e. The highest BCUT2D eigenvalue weighted by Gasteiger charge is 2.02. The molecule has 0 radical (unpaired) electrons. The molecule has 1 aromatic rings. The molecule has 0 spiro atoms. The van der Waals surface area contributed by atoms with Crippen molar-refractivity contribution in [3.05, 3.63) is 22.4 Å². The Morgan fingerprint density at radius 3 is 2.92 bits per heavy atom. The summed E-state index contributed by atoms with van der Waals surface area (Å²) in [5, 5.41) is 4.03. The topological polar surface area (TPSA) is 43.1 Å². The summed E-state index contributed by atoms with van der Waals surface area (Å²) in [4.78, 5) is 11.3. The van der Waals surface area contributed by atoms with Gasteiger partial charge < -0.3 is 5.73 Å². The monoisotopic (exact) mass is 197 g/mol. The first-order valence-electron chi connectivity index (χ1n) is 4.56. The van der Waals surface area contributed by atoms with Crippen LogP contribution in [-0.4, -0.2) is 12.3 Å². The Bertz CT molecular complexity index is 243. The molecule has 0 amide bonds. The smallest absolute Gasteiger partial charge is 0.137 e. The van der Waals surface area contributed by atoms with Gasteiger partial charge in [-0.25, -0.2) is 0 Å². The number of thiophene rings is 1. The van der Waals surface area contributed by atoms with Gasteiger partial charge in [-0.2, -0.15) is 11.3 Å². The minimum atomic E-state index is 0.326. The zero-order chi connectivity index (χ0) is 9.52. The van der Waals surface area contributed by atoms with Crippen LogP contribution >= 0.6 is 11.3 Å². The molecule has 0 unspecified atom stereocenters. The highest BCUT2D eigenvalue weighted by molar-refractivity contribution is 7.07. The summed E-state index contributed by atoms with van der Waals surface area (Å²) >= 11 is 1.64. The number of ketones is 1. The van der Waals surface area contributed by atoms with Crippen LogP contribution in [-0.2, 0) is 11.2 Å². The van der Waals surface area contributed by atoms with Crippen molar-refractivity contribution in [1.29, 1.82) is 0 Å². The van der Waals surface area contributed by atoms with E-state index in [2.05, 4.69) is 0 Å². The van der Waals surface area contributed by atoms with Crippen molar-refractivity contribution >= 4 is 17.1 Å². The average molecular weight is 197 g/mol. The molecule has 1 heterocycles. The van der Waals surface area contributed by atoms with Gasteiger partial charge in [-0.15, -0.1) is 0 Å². The van der Waals surface area contributed by atoms with E-state index in [-0.39, 0.29) is 0 Å². The minimum absolute atomic E-state index is 0.326. The molecule has 72 valence electrons. The summed E-state index contributed by atoms with van der Waals surface area (Å²) in [6.45, 7) is 0.686. The first kappa shape index (κ1) is 10.4. The Labute approximate surface area is 82.8 Å². The van der Waals surface area contributed by atoms with E-state index in [9.17, 15) is 4.79 Å². The Kier molecular flexibility index (Phi) is 4.72. The van der Waals surface area contributed by atoms with Crippen LogP contribution in [0.4, 0.5) is 0 Å². The van der Waals surface area contributed by atoms with Crippen LogP contribution in [0.15, 0.2) is 16.8 Å². The van der Waals surface area contributed by atoms with Gasteiger partial charge in [0.1, 0.15) is 5.78 Å². The third kappa shape index (κ3) is 4.20. The molecular formula is C10H15NOS. The largest absolute Gasteiger partial charge is 0.330 e. The normalized spacial score (nSPS) is 10.2. The lowest BCUT2D eigenvalue weighted by Gasteiger charge is -1.97. The molecule has 0 aliphatic rings. The standard InChI is InChI=1S/C10H15NOS/c11-5-2-1-3-10(12)7-9-4-6-13-8-9/h4,6,8H,1-3,5,7,11H2. The van der Waals surface area contributed by atoms with Crippen LogP contribution in [0.25, 0.3) is 0 Å². The predicted molar refractivity (Wildman–Crippen MR) is 55.9 cm³/mol. The summed E-state index contributed by atoms with van der Waals surface area (Å²) in [7, 11) is 0. The molecule has 1 rings (SSSR count). The highest BCUT2D eigenvalue weighted by Crippen LogP contribution is 2.08. The number of carbonyl (C=O) groups excluding carboxylic acids is 1. The van der Waals surface area contributed by atoms with E-state index in [0.29, 0.717) is 25.2 Å². The number of nitrogens with two attached hydrogens (primary N) is 1. The average Bonchev–Trinajstić information content (AvgIpc) is 2.57. The second kappa shape index (κ2) is 5.89. The fraction of sp³-hybridized carbons (Fsp3) is 0.500. The van der Waals surface area contributed by atoms with E-state index in [0.717, 1.165) is 18.4 Å². The molecule has 0 bridgehead atoms. The van der Waals surface area contributed by atoms with E-state index in [4.69, 9.17) is 5.73 Å². The molecule has 0 fully saturated rings. The predicted octanol–water partition coefficient (Wildman–Crippen LogP) is 1.99. The van der Waals surface area contributed by atoms with Crippen LogP contribution < -0.4 is 5.73 Å². The van der Waals surface area contributed by atoms with Crippen molar-refractivity contribution in [2.24, 2.45) is 5.73 Å². The molecule has 13 heavy (non-hydrogen) atoms. The van der Waals surface area contributed by atoms with Gasteiger partial charge in [0.15, 0.2) is 0 Å². The van der Waals surface area contributed by atoms with Gasteiger partial charge in [0.05, 0.1) is 0 Å². The number of hydrogen-bond donors (Lipinski definition) is 1. The molecule has 0 saturated heterocycles. The second-order valence-corrected chi connectivity index (χ2v) is 3.87. The van der Waals surface area contributed by atoms with Crippen molar-refractivity contribution in [1.82, 2.24) is 0 Å². The fourth-order valence-corrected chi connectivity index (χ4v) is 1.84. The van der Waals surface area contributed by atoms with Crippen LogP contribution in [0.5, 0.6) is 0 Å². The van der Waals surface area contributed by atoms with Crippen LogP contribution in [0.2, 0.25) is 0 Å². The zero-order valence-corrected chi connectivity index (χ0v) is 8.48. The maximum atomic E-state index is 11.3. The van der Waals surface area contributed by atoms with Crippen molar-refractivity contribution in [2.75, 3.05) is 6.54 Å². The Hall–Kier alpha value is -0.670. The lowest BCUT2D eigenvalue weighted by Crippen LogP contribution is -2.04. The number of Topliss-reactive ketones (excluding diaryl/α,β-unsaturated/α-hetero) is 1. The van der Waals surface area contributed by atoms with Gasteiger partial charge in [-0.3, -0.25) is 4.79 Å². The molecule has 2 nitrogen and oxygen atoms in total. The van der Waals surface area contributed by atoms with E-state index in [1.165, 1.54) is 0 Å². The van der Waals surface area contributed by atoms with Gasteiger partial charge in [0, 0.05) is 12.8 Å². The highest BCUT2D eigenvalue weighted by atomic mass is 32.1. The molecular weight excluding hydrogens is 182 g/mol. The molecule has 1 aromatic heterocycles. The molecule has 0 aromatic carbocycles. The lowest BCUT2D eigenvalue weighted by molar-refractivity contribution is -0.118. The van der Waals surface area contributed by atoms with Crippen molar-refractivity contribution in [3.8, 4) is 0 Å². The number of hydrogen-bond acceptors (Lipinski definition) is 3. The van der Waals surface area contributed by atoms with Crippen molar-refractivity contribution in [2.45, 2.75) is 25.7 Å². The number of unbranched alkanes of at least 4 members (excludes halogenated alkanes) is 1. The lowest BCUT2D eigenvalue weighted by atomic mass is 10.1. The van der Waals surface area contributed by atoms with E-state index in [1.807, 2.05) is 16.8 Å². The SMILES string of the molecule is NCCCCC(=O)Cc1ccsc1. The summed E-state index contributed by atoms with van der Waals surface area (Å²) in [6, 6.07) is 2.01. The Morgan fingerprint density at radius 2 is 2.31 bits per heavy atom. The summed E-state index contributed by atoms with van der Waals surface area (Å²) < 4.78 is 0. The van der Waals surface area contributed by atoms with Gasteiger partial charge in [0.2, 0.25) is 0 Å². The number of carbonyl (C=O) groups is 1. The van der Waals surface area contributed by atoms with Crippen LogP contribution in [0.1, 0.15) is 24.8 Å². The van der Waals surface area contributed by atoms with Crippen molar-refractivity contribution < 1.29 is 4.79 Å². The third-order valence-corrected chi connectivity index (χ3v) is 2.62. The summed E-state index contributed by atoms with van der Waals surface area (Å²) in [5.74, 6) is 0.326.